The highest BCUT2D eigenvalue weighted by Gasteiger charge is 2.38. The fraction of sp³-hybridized carbons (Fsp3) is 0.435. The second-order valence-electron chi connectivity index (χ2n) is 8.46. The van der Waals surface area contributed by atoms with E-state index in [1.807, 2.05) is 23.1 Å². The lowest BCUT2D eigenvalue weighted by Crippen LogP contribution is -2.42. The molecule has 1 N–H and O–H groups in total. The SMILES string of the molecule is CS(=O)(=O)Nc1cc(N(C(=O)C2CC2)[C@H](CN2CCCC2)c2ccccc2)ccc1Cl. The number of amides is 1. The molecule has 8 heteroatoms. The number of rotatable bonds is 8. The average molecular weight is 462 g/mol. The van der Waals surface area contributed by atoms with Gasteiger partial charge in [0.2, 0.25) is 15.9 Å². The van der Waals surface area contributed by atoms with Gasteiger partial charge in [-0.1, -0.05) is 41.9 Å². The number of hydrogen-bond donors (Lipinski definition) is 1. The van der Waals surface area contributed by atoms with E-state index in [-0.39, 0.29) is 23.6 Å². The monoisotopic (exact) mass is 461 g/mol. The Morgan fingerprint density at radius 1 is 1.16 bits per heavy atom. The molecule has 0 unspecified atom stereocenters. The maximum atomic E-state index is 13.5. The zero-order valence-electron chi connectivity index (χ0n) is 17.6. The molecule has 6 nitrogen and oxygen atoms in total. The summed E-state index contributed by atoms with van der Waals surface area (Å²) in [5, 5.41) is 0.295. The van der Waals surface area contributed by atoms with E-state index in [0.717, 1.165) is 44.3 Å². The first-order valence-corrected chi connectivity index (χ1v) is 13.0. The third kappa shape index (κ3) is 5.59. The van der Waals surface area contributed by atoms with Gasteiger partial charge in [-0.05, 0) is 62.5 Å². The summed E-state index contributed by atoms with van der Waals surface area (Å²) in [7, 11) is -3.50. The van der Waals surface area contributed by atoms with Crippen LogP contribution in [0.25, 0.3) is 0 Å². The zero-order chi connectivity index (χ0) is 22.0. The summed E-state index contributed by atoms with van der Waals surface area (Å²) >= 11 is 6.26. The molecular weight excluding hydrogens is 434 g/mol. The summed E-state index contributed by atoms with van der Waals surface area (Å²) in [4.78, 5) is 17.8. The van der Waals surface area contributed by atoms with Crippen molar-refractivity contribution in [2.75, 3.05) is 35.5 Å². The fourth-order valence-corrected chi connectivity index (χ4v) is 4.94. The first-order chi connectivity index (χ1) is 14.8. The number of benzene rings is 2. The van der Waals surface area contributed by atoms with Crippen LogP contribution in [0.15, 0.2) is 48.5 Å². The predicted molar refractivity (Wildman–Crippen MR) is 125 cm³/mol. The topological polar surface area (TPSA) is 69.7 Å². The minimum absolute atomic E-state index is 0.0202. The van der Waals surface area contributed by atoms with Crippen LogP contribution in [0.2, 0.25) is 5.02 Å². The van der Waals surface area contributed by atoms with Crippen molar-refractivity contribution in [3.63, 3.8) is 0 Å². The molecule has 2 fully saturated rings. The first-order valence-electron chi connectivity index (χ1n) is 10.7. The molecule has 0 bridgehead atoms. The Balaban J connectivity index is 1.77. The summed E-state index contributed by atoms with van der Waals surface area (Å²) in [6.07, 6.45) is 5.21. The minimum atomic E-state index is -3.50. The highest BCUT2D eigenvalue weighted by Crippen LogP contribution is 2.39. The Morgan fingerprint density at radius 3 is 2.45 bits per heavy atom. The van der Waals surface area contributed by atoms with Crippen molar-refractivity contribution in [1.82, 2.24) is 4.90 Å². The Labute approximate surface area is 189 Å². The van der Waals surface area contributed by atoms with Gasteiger partial charge in [0, 0.05) is 18.2 Å². The number of nitrogens with zero attached hydrogens (tertiary/aromatic N) is 2. The molecule has 2 aliphatic rings. The number of sulfonamides is 1. The second-order valence-corrected chi connectivity index (χ2v) is 10.6. The van der Waals surface area contributed by atoms with Gasteiger partial charge in [0.1, 0.15) is 0 Å². The lowest BCUT2D eigenvalue weighted by molar-refractivity contribution is -0.120. The van der Waals surface area contributed by atoms with Crippen molar-refractivity contribution in [1.29, 1.82) is 0 Å². The molecule has 0 radical (unpaired) electrons. The lowest BCUT2D eigenvalue weighted by Gasteiger charge is -2.35. The highest BCUT2D eigenvalue weighted by atomic mass is 35.5. The third-order valence-electron chi connectivity index (χ3n) is 5.81. The highest BCUT2D eigenvalue weighted by molar-refractivity contribution is 7.92. The molecule has 4 rings (SSSR count). The number of likely N-dealkylation sites (tertiary alicyclic amines) is 1. The molecule has 1 heterocycles. The molecule has 1 saturated carbocycles. The van der Waals surface area contributed by atoms with Crippen molar-refractivity contribution in [3.8, 4) is 0 Å². The molecule has 166 valence electrons. The lowest BCUT2D eigenvalue weighted by atomic mass is 10.0. The van der Waals surface area contributed by atoms with E-state index in [1.165, 1.54) is 12.8 Å². The van der Waals surface area contributed by atoms with Crippen molar-refractivity contribution in [2.45, 2.75) is 31.7 Å². The smallest absolute Gasteiger partial charge is 0.230 e. The van der Waals surface area contributed by atoms with E-state index in [4.69, 9.17) is 11.6 Å². The molecule has 31 heavy (non-hydrogen) atoms. The number of anilines is 2. The van der Waals surface area contributed by atoms with E-state index in [1.54, 1.807) is 18.2 Å². The van der Waals surface area contributed by atoms with Crippen LogP contribution >= 0.6 is 11.6 Å². The van der Waals surface area contributed by atoms with Crippen LogP contribution in [0, 0.1) is 5.92 Å². The molecule has 2 aromatic carbocycles. The van der Waals surface area contributed by atoms with Crippen LogP contribution < -0.4 is 9.62 Å². The summed E-state index contributed by atoms with van der Waals surface area (Å²) in [5.74, 6) is 0.104. The standard InChI is InChI=1S/C23H28ClN3O3S/c1-31(29,30)25-21-15-19(11-12-20(21)24)27(23(28)18-9-10-18)22(16-26-13-5-6-14-26)17-7-3-2-4-8-17/h2-4,7-8,11-12,15,18,22,25H,5-6,9-10,13-14,16H2,1H3/t22-/m1/s1. The Hall–Kier alpha value is -2.09. The largest absolute Gasteiger partial charge is 0.303 e. The van der Waals surface area contributed by atoms with Crippen LogP contribution in [0.3, 0.4) is 0 Å². The first kappa shape index (κ1) is 22.1. The van der Waals surface area contributed by atoms with Crippen LogP contribution in [0.4, 0.5) is 11.4 Å². The van der Waals surface area contributed by atoms with Gasteiger partial charge in [-0.3, -0.25) is 9.52 Å². The van der Waals surface area contributed by atoms with Gasteiger partial charge in [-0.2, -0.15) is 0 Å². The van der Waals surface area contributed by atoms with Gasteiger partial charge in [-0.15, -0.1) is 0 Å². The molecular formula is C23H28ClN3O3S. The number of hydrogen-bond acceptors (Lipinski definition) is 4. The predicted octanol–water partition coefficient (Wildman–Crippen LogP) is 4.29. The summed E-state index contributed by atoms with van der Waals surface area (Å²) in [5.41, 5.74) is 2.00. The number of carbonyl (C=O) groups excluding carboxylic acids is 1. The molecule has 1 saturated heterocycles. The molecule has 1 atom stereocenters. The van der Waals surface area contributed by atoms with E-state index in [0.29, 0.717) is 10.7 Å². The maximum absolute atomic E-state index is 13.5. The van der Waals surface area contributed by atoms with Crippen molar-refractivity contribution in [3.05, 3.63) is 59.1 Å². The van der Waals surface area contributed by atoms with Crippen LogP contribution in [-0.2, 0) is 14.8 Å². The molecule has 0 spiro atoms. The van der Waals surface area contributed by atoms with E-state index in [9.17, 15) is 13.2 Å². The third-order valence-corrected chi connectivity index (χ3v) is 6.73. The van der Waals surface area contributed by atoms with Crippen LogP contribution in [-0.4, -0.2) is 45.1 Å². The number of carbonyl (C=O) groups is 1. The van der Waals surface area contributed by atoms with Gasteiger partial charge < -0.3 is 9.80 Å². The second kappa shape index (κ2) is 9.18. The Kier molecular flexibility index (Phi) is 6.55. The maximum Gasteiger partial charge on any atom is 0.230 e. The van der Waals surface area contributed by atoms with Gasteiger partial charge >= 0.3 is 0 Å². The number of halogens is 1. The fourth-order valence-electron chi connectivity index (χ4n) is 4.15. The van der Waals surface area contributed by atoms with Crippen molar-refractivity contribution < 1.29 is 13.2 Å². The molecule has 1 aliphatic heterocycles. The quantitative estimate of drug-likeness (QED) is 0.636. The van der Waals surface area contributed by atoms with E-state index < -0.39 is 10.0 Å². The Bertz CT molecular complexity index is 1040. The van der Waals surface area contributed by atoms with Crippen molar-refractivity contribution in [2.24, 2.45) is 5.92 Å². The zero-order valence-corrected chi connectivity index (χ0v) is 19.2. The summed E-state index contributed by atoms with van der Waals surface area (Å²) < 4.78 is 26.1. The summed E-state index contributed by atoms with van der Waals surface area (Å²) in [6.45, 7) is 2.78. The van der Waals surface area contributed by atoms with Gasteiger partial charge in [0.05, 0.1) is 23.0 Å². The summed E-state index contributed by atoms with van der Waals surface area (Å²) in [6, 6.07) is 15.0. The molecule has 2 aromatic rings. The number of nitrogens with one attached hydrogen (secondary N) is 1. The van der Waals surface area contributed by atoms with E-state index >= 15 is 0 Å². The van der Waals surface area contributed by atoms with Gasteiger partial charge in [0.15, 0.2) is 0 Å². The van der Waals surface area contributed by atoms with Crippen LogP contribution in [0.1, 0.15) is 37.3 Å². The molecule has 0 aromatic heterocycles. The van der Waals surface area contributed by atoms with Gasteiger partial charge in [-0.25, -0.2) is 8.42 Å². The van der Waals surface area contributed by atoms with Crippen molar-refractivity contribution >= 4 is 38.9 Å². The molecule has 1 amide bonds. The van der Waals surface area contributed by atoms with E-state index in [2.05, 4.69) is 21.8 Å². The van der Waals surface area contributed by atoms with Crippen LogP contribution in [0.5, 0.6) is 0 Å². The average Bonchev–Trinajstić information content (AvgIpc) is 3.46. The molecule has 1 aliphatic carbocycles. The van der Waals surface area contributed by atoms with Gasteiger partial charge in [0.25, 0.3) is 0 Å². The normalized spacial score (nSPS) is 18.0. The Morgan fingerprint density at radius 2 is 1.84 bits per heavy atom. The minimum Gasteiger partial charge on any atom is -0.303 e.